The van der Waals surface area contributed by atoms with E-state index in [0.29, 0.717) is 24.5 Å². The zero-order valence-corrected chi connectivity index (χ0v) is 13.5. The molecule has 3 unspecified atom stereocenters. The Kier molecular flexibility index (Phi) is 4.83. The molecule has 1 fully saturated rings. The van der Waals surface area contributed by atoms with Crippen LogP contribution in [0.3, 0.4) is 0 Å². The maximum Gasteiger partial charge on any atom is 0.0670 e. The van der Waals surface area contributed by atoms with Crippen molar-refractivity contribution < 1.29 is 0 Å². The minimum Gasteiger partial charge on any atom is -0.329 e. The van der Waals surface area contributed by atoms with Gasteiger partial charge in [-0.1, -0.05) is 13.8 Å². The fourth-order valence-electron chi connectivity index (χ4n) is 3.49. The van der Waals surface area contributed by atoms with Gasteiger partial charge in [0, 0.05) is 44.5 Å². The number of hydrogen-bond acceptors (Lipinski definition) is 4. The minimum absolute atomic E-state index is 0.297. The van der Waals surface area contributed by atoms with Crippen LogP contribution in [0.4, 0.5) is 0 Å². The summed E-state index contributed by atoms with van der Waals surface area (Å²) in [5, 5.41) is 4.57. The minimum atomic E-state index is 0.297. The molecule has 2 rings (SSSR count). The molecule has 0 bridgehead atoms. The molecule has 0 saturated carbocycles. The number of nitrogens with zero attached hydrogens (tertiary/aromatic N) is 4. The van der Waals surface area contributed by atoms with Crippen LogP contribution in [-0.2, 0) is 13.5 Å². The van der Waals surface area contributed by atoms with Gasteiger partial charge in [-0.25, -0.2) is 0 Å². The fraction of sp³-hybridized carbons (Fsp3) is 0.800. The lowest BCUT2D eigenvalue weighted by atomic mass is 10.1. The first kappa shape index (κ1) is 15.5. The van der Waals surface area contributed by atoms with Gasteiger partial charge in [0.1, 0.15) is 0 Å². The van der Waals surface area contributed by atoms with E-state index in [2.05, 4.69) is 49.0 Å². The average Bonchev–Trinajstić information content (AvgIpc) is 2.94. The van der Waals surface area contributed by atoms with Gasteiger partial charge in [-0.15, -0.1) is 0 Å². The summed E-state index contributed by atoms with van der Waals surface area (Å²) in [4.78, 5) is 4.87. The van der Waals surface area contributed by atoms with E-state index in [1.165, 1.54) is 11.3 Å². The summed E-state index contributed by atoms with van der Waals surface area (Å²) in [6, 6.07) is 0.914. The standard InChI is InChI=1S/C15H29N5/c1-6-13-12(9-19(5)17-13)14(7-16)20-8-11(2)15(10-20)18(3)4/h9,11,14-15H,6-8,10,16H2,1-5H3. The van der Waals surface area contributed by atoms with Crippen molar-refractivity contribution in [3.8, 4) is 0 Å². The summed E-state index contributed by atoms with van der Waals surface area (Å²) in [6.07, 6.45) is 3.11. The maximum absolute atomic E-state index is 6.09. The molecule has 3 atom stereocenters. The fourth-order valence-corrected chi connectivity index (χ4v) is 3.49. The van der Waals surface area contributed by atoms with Gasteiger partial charge in [0.15, 0.2) is 0 Å². The Balaban J connectivity index is 2.21. The van der Waals surface area contributed by atoms with E-state index in [0.717, 1.165) is 19.5 Å². The smallest absolute Gasteiger partial charge is 0.0670 e. The summed E-state index contributed by atoms with van der Waals surface area (Å²) < 4.78 is 1.92. The number of aromatic nitrogens is 2. The predicted octanol–water partition coefficient (Wildman–Crippen LogP) is 0.864. The molecule has 114 valence electrons. The molecule has 1 saturated heterocycles. The summed E-state index contributed by atoms with van der Waals surface area (Å²) in [5.74, 6) is 0.681. The molecule has 5 heteroatoms. The molecule has 1 aliphatic heterocycles. The van der Waals surface area contributed by atoms with Crippen molar-refractivity contribution in [3.63, 3.8) is 0 Å². The second-order valence-corrected chi connectivity index (χ2v) is 6.27. The lowest BCUT2D eigenvalue weighted by molar-refractivity contribution is 0.219. The zero-order chi connectivity index (χ0) is 14.9. The molecule has 0 aromatic carbocycles. The number of rotatable bonds is 5. The van der Waals surface area contributed by atoms with Gasteiger partial charge in [0.2, 0.25) is 0 Å². The van der Waals surface area contributed by atoms with Gasteiger partial charge in [0.05, 0.1) is 11.7 Å². The van der Waals surface area contributed by atoms with Gasteiger partial charge in [-0.3, -0.25) is 9.58 Å². The van der Waals surface area contributed by atoms with Crippen LogP contribution in [0.5, 0.6) is 0 Å². The maximum atomic E-state index is 6.09. The van der Waals surface area contributed by atoms with Gasteiger partial charge in [0.25, 0.3) is 0 Å². The highest BCUT2D eigenvalue weighted by atomic mass is 15.3. The Hall–Kier alpha value is -0.910. The molecule has 2 N–H and O–H groups in total. The molecule has 0 aliphatic carbocycles. The summed E-state index contributed by atoms with van der Waals surface area (Å²) in [6.45, 7) is 7.36. The zero-order valence-electron chi connectivity index (χ0n) is 13.5. The first-order chi connectivity index (χ1) is 9.47. The first-order valence-electron chi connectivity index (χ1n) is 7.60. The highest BCUT2D eigenvalue weighted by molar-refractivity contribution is 5.22. The lowest BCUT2D eigenvalue weighted by Gasteiger charge is -2.27. The van der Waals surface area contributed by atoms with Crippen LogP contribution in [0.1, 0.15) is 31.1 Å². The molecule has 1 aromatic rings. The number of nitrogens with two attached hydrogens (primary N) is 1. The van der Waals surface area contributed by atoms with E-state index in [1.807, 2.05) is 11.7 Å². The topological polar surface area (TPSA) is 50.3 Å². The number of hydrogen-bond donors (Lipinski definition) is 1. The van der Waals surface area contributed by atoms with Gasteiger partial charge in [-0.05, 0) is 26.4 Å². The second kappa shape index (κ2) is 6.24. The summed E-state index contributed by atoms with van der Waals surface area (Å²) >= 11 is 0. The van der Waals surface area contributed by atoms with Crippen molar-refractivity contribution in [2.24, 2.45) is 18.7 Å². The Morgan fingerprint density at radius 2 is 2.15 bits per heavy atom. The van der Waals surface area contributed by atoms with E-state index >= 15 is 0 Å². The number of likely N-dealkylation sites (tertiary alicyclic amines) is 1. The molecule has 5 nitrogen and oxygen atoms in total. The third kappa shape index (κ3) is 2.90. The molecule has 1 aliphatic rings. The van der Waals surface area contributed by atoms with Crippen LogP contribution in [0.15, 0.2) is 6.20 Å². The van der Waals surface area contributed by atoms with E-state index in [4.69, 9.17) is 5.73 Å². The molecular formula is C15H29N5. The van der Waals surface area contributed by atoms with Crippen molar-refractivity contribution in [1.82, 2.24) is 19.6 Å². The molecular weight excluding hydrogens is 250 g/mol. The third-order valence-electron chi connectivity index (χ3n) is 4.56. The van der Waals surface area contributed by atoms with Gasteiger partial charge in [-0.2, -0.15) is 5.10 Å². The third-order valence-corrected chi connectivity index (χ3v) is 4.56. The first-order valence-corrected chi connectivity index (χ1v) is 7.60. The molecule has 20 heavy (non-hydrogen) atoms. The molecule has 1 aromatic heterocycles. The normalized spacial score (nSPS) is 25.6. The van der Waals surface area contributed by atoms with Crippen LogP contribution in [-0.4, -0.2) is 59.4 Å². The molecule has 0 radical (unpaired) electrons. The average molecular weight is 279 g/mol. The predicted molar refractivity (Wildman–Crippen MR) is 82.6 cm³/mol. The highest BCUT2D eigenvalue weighted by Gasteiger charge is 2.35. The summed E-state index contributed by atoms with van der Waals surface area (Å²) in [7, 11) is 6.33. The lowest BCUT2D eigenvalue weighted by Crippen LogP contribution is -2.36. The van der Waals surface area contributed by atoms with Crippen LogP contribution >= 0.6 is 0 Å². The quantitative estimate of drug-likeness (QED) is 0.869. The van der Waals surface area contributed by atoms with Gasteiger partial charge >= 0.3 is 0 Å². The number of likely N-dealkylation sites (N-methyl/N-ethyl adjacent to an activating group) is 1. The van der Waals surface area contributed by atoms with E-state index in [1.54, 1.807) is 0 Å². The molecule has 2 heterocycles. The van der Waals surface area contributed by atoms with Crippen molar-refractivity contribution in [2.75, 3.05) is 33.7 Å². The van der Waals surface area contributed by atoms with E-state index in [-0.39, 0.29) is 0 Å². The Bertz CT molecular complexity index is 439. The second-order valence-electron chi connectivity index (χ2n) is 6.27. The van der Waals surface area contributed by atoms with Crippen LogP contribution in [0.2, 0.25) is 0 Å². The SMILES string of the molecule is CCc1nn(C)cc1C(CN)N1CC(C)C(N(C)C)C1. The van der Waals surface area contributed by atoms with Crippen LogP contribution in [0.25, 0.3) is 0 Å². The van der Waals surface area contributed by atoms with E-state index < -0.39 is 0 Å². The van der Waals surface area contributed by atoms with Crippen molar-refractivity contribution in [2.45, 2.75) is 32.4 Å². The Morgan fingerprint density at radius 3 is 2.65 bits per heavy atom. The van der Waals surface area contributed by atoms with Crippen LogP contribution in [0, 0.1) is 5.92 Å². The molecule has 0 spiro atoms. The van der Waals surface area contributed by atoms with Crippen molar-refractivity contribution in [3.05, 3.63) is 17.5 Å². The van der Waals surface area contributed by atoms with Crippen molar-refractivity contribution in [1.29, 1.82) is 0 Å². The number of aryl methyl sites for hydroxylation is 2. The monoisotopic (exact) mass is 279 g/mol. The van der Waals surface area contributed by atoms with Gasteiger partial charge < -0.3 is 10.6 Å². The Morgan fingerprint density at radius 1 is 1.45 bits per heavy atom. The Labute approximate surface area is 122 Å². The van der Waals surface area contributed by atoms with E-state index in [9.17, 15) is 0 Å². The van der Waals surface area contributed by atoms with Crippen molar-refractivity contribution >= 4 is 0 Å². The highest BCUT2D eigenvalue weighted by Crippen LogP contribution is 2.30. The summed E-state index contributed by atoms with van der Waals surface area (Å²) in [5.41, 5.74) is 8.59. The molecule has 0 amide bonds. The largest absolute Gasteiger partial charge is 0.329 e. The van der Waals surface area contributed by atoms with Crippen LogP contribution < -0.4 is 5.73 Å².